The Hall–Kier alpha value is -2.55. The first-order valence-corrected chi connectivity index (χ1v) is 8.77. The van der Waals surface area contributed by atoms with Crippen molar-refractivity contribution in [1.82, 2.24) is 4.90 Å². The van der Waals surface area contributed by atoms with Gasteiger partial charge in [-0.1, -0.05) is 36.4 Å². The topological polar surface area (TPSA) is 40.5 Å². The maximum Gasteiger partial charge on any atom is 0.227 e. The van der Waals surface area contributed by atoms with Crippen LogP contribution < -0.4 is 0 Å². The van der Waals surface area contributed by atoms with E-state index in [0.29, 0.717) is 6.42 Å². The lowest BCUT2D eigenvalue weighted by Gasteiger charge is -2.37. The molecule has 0 saturated carbocycles. The van der Waals surface area contributed by atoms with Gasteiger partial charge in [0.25, 0.3) is 0 Å². The van der Waals surface area contributed by atoms with Gasteiger partial charge in [-0.15, -0.1) is 0 Å². The standard InChI is InChI=1S/C22H25NO2/c1-14-12-16(3)21(19(24)13-14)22-15(2)10-11-20(25)23(22)17(4)18-8-6-5-7-9-18/h5-9,12-13,17,24H,10-11H2,1-4H3. The number of hydrogen-bond acceptors (Lipinski definition) is 2. The average molecular weight is 335 g/mol. The molecule has 1 aliphatic heterocycles. The van der Waals surface area contributed by atoms with Crippen molar-refractivity contribution in [3.63, 3.8) is 0 Å². The van der Waals surface area contributed by atoms with E-state index >= 15 is 0 Å². The van der Waals surface area contributed by atoms with Crippen LogP contribution in [0.5, 0.6) is 5.75 Å². The summed E-state index contributed by atoms with van der Waals surface area (Å²) in [6.07, 6.45) is 1.25. The Balaban J connectivity index is 2.16. The summed E-state index contributed by atoms with van der Waals surface area (Å²) in [5.41, 5.74) is 5.88. The van der Waals surface area contributed by atoms with Gasteiger partial charge in [0, 0.05) is 12.0 Å². The van der Waals surface area contributed by atoms with E-state index in [4.69, 9.17) is 0 Å². The van der Waals surface area contributed by atoms with Crippen molar-refractivity contribution in [3.05, 3.63) is 70.3 Å². The number of hydrogen-bond donors (Lipinski definition) is 1. The Morgan fingerprint density at radius 2 is 1.72 bits per heavy atom. The molecule has 0 aliphatic carbocycles. The fraction of sp³-hybridized carbons (Fsp3) is 0.318. The molecular weight excluding hydrogens is 310 g/mol. The molecule has 3 nitrogen and oxygen atoms in total. The first kappa shape index (κ1) is 17.3. The highest BCUT2D eigenvalue weighted by Gasteiger charge is 2.32. The molecule has 1 heterocycles. The molecule has 130 valence electrons. The fourth-order valence-electron chi connectivity index (χ4n) is 3.74. The van der Waals surface area contributed by atoms with Crippen molar-refractivity contribution in [3.8, 4) is 5.75 Å². The smallest absolute Gasteiger partial charge is 0.227 e. The van der Waals surface area contributed by atoms with Crippen LogP contribution in [0.3, 0.4) is 0 Å². The van der Waals surface area contributed by atoms with Crippen molar-refractivity contribution >= 4 is 11.6 Å². The van der Waals surface area contributed by atoms with Crippen molar-refractivity contribution in [2.24, 2.45) is 0 Å². The van der Waals surface area contributed by atoms with E-state index in [2.05, 4.69) is 13.0 Å². The zero-order valence-corrected chi connectivity index (χ0v) is 15.3. The van der Waals surface area contributed by atoms with E-state index in [1.54, 1.807) is 6.07 Å². The summed E-state index contributed by atoms with van der Waals surface area (Å²) >= 11 is 0. The van der Waals surface area contributed by atoms with Gasteiger partial charge in [-0.3, -0.25) is 4.79 Å². The number of amides is 1. The van der Waals surface area contributed by atoms with Crippen LogP contribution in [-0.2, 0) is 4.79 Å². The highest BCUT2D eigenvalue weighted by Crippen LogP contribution is 2.41. The predicted molar refractivity (Wildman–Crippen MR) is 101 cm³/mol. The zero-order chi connectivity index (χ0) is 18.1. The SMILES string of the molecule is CC1=C(c2c(C)cc(C)cc2O)N(C(C)c2ccccc2)C(=O)CC1. The first-order valence-electron chi connectivity index (χ1n) is 8.77. The molecule has 0 fully saturated rings. The molecule has 0 saturated heterocycles. The Bertz CT molecular complexity index is 813. The number of nitrogens with zero attached hydrogens (tertiary/aromatic N) is 1. The highest BCUT2D eigenvalue weighted by molar-refractivity contribution is 5.92. The van der Waals surface area contributed by atoms with E-state index in [1.165, 1.54) is 0 Å². The average Bonchev–Trinajstić information content (AvgIpc) is 2.57. The van der Waals surface area contributed by atoms with Crippen LogP contribution in [0.4, 0.5) is 0 Å². The van der Waals surface area contributed by atoms with Crippen molar-refractivity contribution in [1.29, 1.82) is 0 Å². The summed E-state index contributed by atoms with van der Waals surface area (Å²) in [7, 11) is 0. The van der Waals surface area contributed by atoms with Gasteiger partial charge in [-0.05, 0) is 62.4 Å². The van der Waals surface area contributed by atoms with Gasteiger partial charge < -0.3 is 10.0 Å². The van der Waals surface area contributed by atoms with Crippen LogP contribution in [0.15, 0.2) is 48.0 Å². The van der Waals surface area contributed by atoms with Crippen molar-refractivity contribution in [2.45, 2.75) is 46.6 Å². The molecule has 25 heavy (non-hydrogen) atoms. The second-order valence-corrected chi connectivity index (χ2v) is 6.96. The maximum absolute atomic E-state index is 12.8. The van der Waals surface area contributed by atoms with Gasteiger partial charge in [0.1, 0.15) is 5.75 Å². The van der Waals surface area contributed by atoms with Gasteiger partial charge in [0.05, 0.1) is 11.7 Å². The number of carbonyl (C=O) groups is 1. The number of phenolic OH excluding ortho intramolecular Hbond substituents is 1. The molecule has 3 heteroatoms. The van der Waals surface area contributed by atoms with Gasteiger partial charge in [0.2, 0.25) is 5.91 Å². The Labute approximate surface area is 149 Å². The van der Waals surface area contributed by atoms with Gasteiger partial charge >= 0.3 is 0 Å². The number of aryl methyl sites for hydroxylation is 2. The van der Waals surface area contributed by atoms with E-state index in [9.17, 15) is 9.90 Å². The number of allylic oxidation sites excluding steroid dienone is 1. The normalized spacial score (nSPS) is 16.3. The lowest BCUT2D eigenvalue weighted by molar-refractivity contribution is -0.130. The fourth-order valence-corrected chi connectivity index (χ4v) is 3.74. The molecule has 1 N–H and O–H groups in total. The van der Waals surface area contributed by atoms with Crippen LogP contribution in [0, 0.1) is 13.8 Å². The highest BCUT2D eigenvalue weighted by atomic mass is 16.3. The third-order valence-electron chi connectivity index (χ3n) is 4.99. The zero-order valence-electron chi connectivity index (χ0n) is 15.3. The van der Waals surface area contributed by atoms with E-state index in [0.717, 1.165) is 39.9 Å². The van der Waals surface area contributed by atoms with Gasteiger partial charge in [0.15, 0.2) is 0 Å². The first-order chi connectivity index (χ1) is 11.9. The molecule has 0 spiro atoms. The molecule has 2 aromatic carbocycles. The predicted octanol–water partition coefficient (Wildman–Crippen LogP) is 5.12. The maximum atomic E-state index is 12.8. The van der Waals surface area contributed by atoms with E-state index in [1.807, 2.05) is 56.0 Å². The van der Waals surface area contributed by atoms with Crippen LogP contribution >= 0.6 is 0 Å². The van der Waals surface area contributed by atoms with Crippen molar-refractivity contribution < 1.29 is 9.90 Å². The molecule has 0 aromatic heterocycles. The summed E-state index contributed by atoms with van der Waals surface area (Å²) in [6, 6.07) is 13.8. The van der Waals surface area contributed by atoms with Crippen LogP contribution in [0.2, 0.25) is 0 Å². The number of rotatable bonds is 3. The van der Waals surface area contributed by atoms with Crippen LogP contribution in [0.25, 0.3) is 5.70 Å². The minimum absolute atomic E-state index is 0.0842. The Morgan fingerprint density at radius 3 is 2.36 bits per heavy atom. The Kier molecular flexibility index (Phi) is 4.67. The Morgan fingerprint density at radius 1 is 1.04 bits per heavy atom. The molecule has 1 unspecified atom stereocenters. The number of benzene rings is 2. The van der Waals surface area contributed by atoms with Gasteiger partial charge in [-0.25, -0.2) is 0 Å². The molecule has 0 bridgehead atoms. The monoisotopic (exact) mass is 335 g/mol. The molecule has 2 aromatic rings. The summed E-state index contributed by atoms with van der Waals surface area (Å²) in [5.74, 6) is 0.350. The summed E-state index contributed by atoms with van der Waals surface area (Å²) in [4.78, 5) is 14.7. The number of phenols is 1. The van der Waals surface area contributed by atoms with Crippen molar-refractivity contribution in [2.75, 3.05) is 0 Å². The van der Waals surface area contributed by atoms with Crippen LogP contribution in [0.1, 0.15) is 55.0 Å². The number of aromatic hydroxyl groups is 1. The third kappa shape index (κ3) is 3.19. The minimum atomic E-state index is -0.0842. The molecule has 1 aliphatic rings. The lowest BCUT2D eigenvalue weighted by Crippen LogP contribution is -2.35. The second kappa shape index (κ2) is 6.75. The number of carbonyl (C=O) groups excluding carboxylic acids is 1. The quantitative estimate of drug-likeness (QED) is 0.845. The summed E-state index contributed by atoms with van der Waals surface area (Å²) < 4.78 is 0. The van der Waals surface area contributed by atoms with E-state index in [-0.39, 0.29) is 17.7 Å². The molecule has 3 rings (SSSR count). The summed E-state index contributed by atoms with van der Waals surface area (Å²) in [6.45, 7) is 8.07. The van der Waals surface area contributed by atoms with Crippen LogP contribution in [-0.4, -0.2) is 15.9 Å². The van der Waals surface area contributed by atoms with Gasteiger partial charge in [-0.2, -0.15) is 0 Å². The molecular formula is C22H25NO2. The van der Waals surface area contributed by atoms with E-state index < -0.39 is 0 Å². The molecule has 1 amide bonds. The summed E-state index contributed by atoms with van der Waals surface area (Å²) in [5, 5.41) is 10.6. The minimum Gasteiger partial charge on any atom is -0.507 e. The second-order valence-electron chi connectivity index (χ2n) is 6.96. The lowest BCUT2D eigenvalue weighted by atomic mass is 9.91. The third-order valence-corrected chi connectivity index (χ3v) is 4.99. The largest absolute Gasteiger partial charge is 0.507 e. The molecule has 1 atom stereocenters. The molecule has 0 radical (unpaired) electrons.